The van der Waals surface area contributed by atoms with E-state index in [-0.39, 0.29) is 5.91 Å². The van der Waals surface area contributed by atoms with Crippen LogP contribution < -0.4 is 5.48 Å². The van der Waals surface area contributed by atoms with E-state index in [0.717, 1.165) is 31.2 Å². The molecule has 0 radical (unpaired) electrons. The lowest BCUT2D eigenvalue weighted by Crippen LogP contribution is -2.17. The minimum absolute atomic E-state index is 0.343. The Balaban J connectivity index is 2.20. The summed E-state index contributed by atoms with van der Waals surface area (Å²) >= 11 is 0. The fourth-order valence-corrected chi connectivity index (χ4v) is 1.87. The van der Waals surface area contributed by atoms with Gasteiger partial charge < -0.3 is 5.21 Å². The van der Waals surface area contributed by atoms with Crippen molar-refractivity contribution in [3.05, 3.63) is 35.9 Å². The molecule has 0 spiro atoms. The number of oxime groups is 1. The third-order valence-corrected chi connectivity index (χ3v) is 2.92. The smallest absolute Gasteiger partial charge is 0.243 e. The molecule has 0 fully saturated rings. The Bertz CT molecular complexity index is 404. The van der Waals surface area contributed by atoms with E-state index in [9.17, 15) is 4.79 Å². The van der Waals surface area contributed by atoms with Crippen molar-refractivity contribution in [3.63, 3.8) is 0 Å². The van der Waals surface area contributed by atoms with E-state index in [2.05, 4.69) is 5.16 Å². The molecule has 0 saturated carbocycles. The Labute approximate surface area is 112 Å². The van der Waals surface area contributed by atoms with E-state index >= 15 is 0 Å². The Hall–Kier alpha value is -1.88. The number of carbonyl (C=O) groups excluding carboxylic acids is 1. The van der Waals surface area contributed by atoms with Crippen molar-refractivity contribution in [2.75, 3.05) is 0 Å². The number of hydrogen-bond donors (Lipinski definition) is 3. The molecule has 104 valence electrons. The first-order valence-corrected chi connectivity index (χ1v) is 6.47. The number of nitrogens with zero attached hydrogens (tertiary/aromatic N) is 1. The summed E-state index contributed by atoms with van der Waals surface area (Å²) in [4.78, 5) is 10.8. The van der Waals surface area contributed by atoms with E-state index < -0.39 is 0 Å². The Morgan fingerprint density at radius 1 is 1.05 bits per heavy atom. The lowest BCUT2D eigenvalue weighted by Gasteiger charge is -2.04. The highest BCUT2D eigenvalue weighted by molar-refractivity contribution is 6.00. The van der Waals surface area contributed by atoms with Gasteiger partial charge in [0.15, 0.2) is 0 Å². The highest BCUT2D eigenvalue weighted by atomic mass is 16.5. The molecule has 0 bridgehead atoms. The molecule has 1 aromatic carbocycles. The van der Waals surface area contributed by atoms with Crippen molar-refractivity contribution < 1.29 is 15.2 Å². The zero-order valence-electron chi connectivity index (χ0n) is 10.9. The minimum atomic E-state index is -0.345. The molecule has 0 aliphatic rings. The molecule has 0 aromatic heterocycles. The van der Waals surface area contributed by atoms with Gasteiger partial charge in [-0.3, -0.25) is 10.0 Å². The maximum atomic E-state index is 10.8. The molecule has 0 aliphatic heterocycles. The van der Waals surface area contributed by atoms with Gasteiger partial charge in [-0.25, -0.2) is 5.48 Å². The fourth-order valence-electron chi connectivity index (χ4n) is 1.87. The van der Waals surface area contributed by atoms with Gasteiger partial charge in [-0.1, -0.05) is 48.3 Å². The summed E-state index contributed by atoms with van der Waals surface area (Å²) in [6.45, 7) is 0. The first-order valence-electron chi connectivity index (χ1n) is 6.47. The normalized spacial score (nSPS) is 11.3. The van der Waals surface area contributed by atoms with E-state index in [1.165, 1.54) is 0 Å². The maximum Gasteiger partial charge on any atom is 0.243 e. The number of amides is 1. The van der Waals surface area contributed by atoms with Crippen LogP contribution in [0.5, 0.6) is 0 Å². The molecule has 1 aromatic rings. The summed E-state index contributed by atoms with van der Waals surface area (Å²) in [6.07, 6.45) is 4.60. The second-order valence-corrected chi connectivity index (χ2v) is 4.36. The largest absolute Gasteiger partial charge is 0.411 e. The van der Waals surface area contributed by atoms with Crippen LogP contribution in [-0.4, -0.2) is 22.0 Å². The Morgan fingerprint density at radius 2 is 1.68 bits per heavy atom. The molecular formula is C14H20N2O3. The average molecular weight is 264 g/mol. The number of carbonyl (C=O) groups is 1. The predicted molar refractivity (Wildman–Crippen MR) is 72.4 cm³/mol. The van der Waals surface area contributed by atoms with Crippen LogP contribution in [0.2, 0.25) is 0 Å². The first kappa shape index (κ1) is 15.2. The van der Waals surface area contributed by atoms with Gasteiger partial charge in [0.05, 0.1) is 5.71 Å². The highest BCUT2D eigenvalue weighted by Gasteiger charge is 2.04. The van der Waals surface area contributed by atoms with Crippen LogP contribution in [0.25, 0.3) is 0 Å². The van der Waals surface area contributed by atoms with Gasteiger partial charge >= 0.3 is 0 Å². The van der Waals surface area contributed by atoms with Crippen LogP contribution in [0.4, 0.5) is 0 Å². The third kappa shape index (κ3) is 6.01. The van der Waals surface area contributed by atoms with Crippen molar-refractivity contribution in [2.24, 2.45) is 5.16 Å². The number of hydrogen-bond acceptors (Lipinski definition) is 4. The van der Waals surface area contributed by atoms with Crippen LogP contribution in [0, 0.1) is 0 Å². The average Bonchev–Trinajstić information content (AvgIpc) is 2.47. The SMILES string of the molecule is O=C(CCCCCC/C(=N\O)c1ccccc1)NO. The van der Waals surface area contributed by atoms with Crippen molar-refractivity contribution in [1.29, 1.82) is 0 Å². The molecule has 1 amide bonds. The number of nitrogens with one attached hydrogen (secondary N) is 1. The Kier molecular flexibility index (Phi) is 7.27. The van der Waals surface area contributed by atoms with Crippen molar-refractivity contribution in [3.8, 4) is 0 Å². The minimum Gasteiger partial charge on any atom is -0.411 e. The van der Waals surface area contributed by atoms with E-state index in [1.54, 1.807) is 5.48 Å². The zero-order chi connectivity index (χ0) is 13.9. The molecule has 5 nitrogen and oxygen atoms in total. The number of benzene rings is 1. The van der Waals surface area contributed by atoms with Crippen LogP contribution in [0.3, 0.4) is 0 Å². The molecule has 0 unspecified atom stereocenters. The summed E-state index contributed by atoms with van der Waals surface area (Å²) in [5.41, 5.74) is 3.24. The first-order chi connectivity index (χ1) is 9.27. The summed E-state index contributed by atoms with van der Waals surface area (Å²) in [5, 5.41) is 20.7. The molecule has 3 N–H and O–H groups in total. The summed E-state index contributed by atoms with van der Waals surface area (Å²) in [6, 6.07) is 9.58. The predicted octanol–water partition coefficient (Wildman–Crippen LogP) is 2.71. The molecule has 0 saturated heterocycles. The second-order valence-electron chi connectivity index (χ2n) is 4.36. The molecule has 1 rings (SSSR count). The summed E-state index contributed by atoms with van der Waals surface area (Å²) < 4.78 is 0. The Morgan fingerprint density at radius 3 is 2.26 bits per heavy atom. The second kappa shape index (κ2) is 9.10. The van der Waals surface area contributed by atoms with Crippen molar-refractivity contribution in [1.82, 2.24) is 5.48 Å². The van der Waals surface area contributed by atoms with Gasteiger partial charge in [-0.05, 0) is 24.8 Å². The monoisotopic (exact) mass is 264 g/mol. The fraction of sp³-hybridized carbons (Fsp3) is 0.429. The van der Waals surface area contributed by atoms with Crippen molar-refractivity contribution in [2.45, 2.75) is 38.5 Å². The van der Waals surface area contributed by atoms with Crippen LogP contribution >= 0.6 is 0 Å². The number of rotatable bonds is 8. The van der Waals surface area contributed by atoms with Gasteiger partial charge in [-0.2, -0.15) is 0 Å². The molecule has 0 aliphatic carbocycles. The maximum absolute atomic E-state index is 10.8. The van der Waals surface area contributed by atoms with E-state index in [0.29, 0.717) is 18.6 Å². The zero-order valence-corrected chi connectivity index (χ0v) is 10.9. The summed E-state index contributed by atoms with van der Waals surface area (Å²) in [7, 11) is 0. The quantitative estimate of drug-likeness (QED) is 0.222. The van der Waals surface area contributed by atoms with Gasteiger partial charge in [-0.15, -0.1) is 0 Å². The summed E-state index contributed by atoms with van der Waals surface area (Å²) in [5.74, 6) is -0.345. The van der Waals surface area contributed by atoms with Gasteiger partial charge in [0.1, 0.15) is 0 Å². The molecule has 19 heavy (non-hydrogen) atoms. The number of hydroxylamine groups is 1. The molecule has 0 heterocycles. The van der Waals surface area contributed by atoms with Crippen LogP contribution in [-0.2, 0) is 4.79 Å². The highest BCUT2D eigenvalue weighted by Crippen LogP contribution is 2.10. The molecule has 0 atom stereocenters. The molecular weight excluding hydrogens is 244 g/mol. The standard InChI is InChI=1S/C14H20N2O3/c17-14(16-19)11-7-2-1-6-10-13(15-18)12-8-4-3-5-9-12/h3-5,8-9,18-19H,1-2,6-7,10-11H2,(H,16,17)/b15-13+. The van der Waals surface area contributed by atoms with Crippen LogP contribution in [0.15, 0.2) is 35.5 Å². The lowest BCUT2D eigenvalue weighted by atomic mass is 10.0. The van der Waals surface area contributed by atoms with Crippen LogP contribution in [0.1, 0.15) is 44.1 Å². The van der Waals surface area contributed by atoms with Gasteiger partial charge in [0.25, 0.3) is 0 Å². The third-order valence-electron chi connectivity index (χ3n) is 2.92. The van der Waals surface area contributed by atoms with Gasteiger partial charge in [0, 0.05) is 6.42 Å². The van der Waals surface area contributed by atoms with E-state index in [4.69, 9.17) is 10.4 Å². The number of unbranched alkanes of at least 4 members (excludes halogenated alkanes) is 3. The van der Waals surface area contributed by atoms with Crippen molar-refractivity contribution >= 4 is 11.6 Å². The van der Waals surface area contributed by atoms with E-state index in [1.807, 2.05) is 30.3 Å². The molecule has 5 heteroatoms. The van der Waals surface area contributed by atoms with Gasteiger partial charge in [0.2, 0.25) is 5.91 Å². The topological polar surface area (TPSA) is 81.9 Å². The lowest BCUT2D eigenvalue weighted by molar-refractivity contribution is -0.129.